The van der Waals surface area contributed by atoms with Gasteiger partial charge in [-0.3, -0.25) is 4.79 Å². The second-order valence-corrected chi connectivity index (χ2v) is 5.81. The Labute approximate surface area is 107 Å². The molecule has 1 aromatic rings. The lowest BCUT2D eigenvalue weighted by molar-refractivity contribution is -0.136. The van der Waals surface area contributed by atoms with Crippen molar-refractivity contribution in [2.24, 2.45) is 0 Å². The summed E-state index contributed by atoms with van der Waals surface area (Å²) >= 11 is 1.58. The first-order valence-corrected chi connectivity index (χ1v) is 6.85. The summed E-state index contributed by atoms with van der Waals surface area (Å²) in [5, 5.41) is 12.2. The molecule has 1 rings (SSSR count). The van der Waals surface area contributed by atoms with Crippen molar-refractivity contribution in [3.8, 4) is 0 Å². The Kier molecular flexibility index (Phi) is 5.15. The average molecular weight is 255 g/mol. The van der Waals surface area contributed by atoms with Crippen LogP contribution >= 0.6 is 11.3 Å². The standard InChI is InChI=1S/C13H21NO2S/c1-4-13(3,5-2)14-9-11-7-6-10(17-11)8-12(15)16/h6-7,14H,4-5,8-9H2,1-3H3,(H,15,16). The van der Waals surface area contributed by atoms with E-state index in [2.05, 4.69) is 26.1 Å². The van der Waals surface area contributed by atoms with Gasteiger partial charge >= 0.3 is 5.97 Å². The number of aliphatic carboxylic acids is 1. The molecule has 3 nitrogen and oxygen atoms in total. The third-order valence-corrected chi connectivity index (χ3v) is 4.38. The van der Waals surface area contributed by atoms with Gasteiger partial charge in [-0.25, -0.2) is 0 Å². The molecule has 0 amide bonds. The largest absolute Gasteiger partial charge is 0.481 e. The Morgan fingerprint density at radius 3 is 2.47 bits per heavy atom. The van der Waals surface area contributed by atoms with Gasteiger partial charge in [0.15, 0.2) is 0 Å². The molecule has 0 radical (unpaired) electrons. The summed E-state index contributed by atoms with van der Waals surface area (Å²) in [7, 11) is 0. The van der Waals surface area contributed by atoms with Crippen molar-refractivity contribution in [3.63, 3.8) is 0 Å². The van der Waals surface area contributed by atoms with E-state index in [0.29, 0.717) is 0 Å². The zero-order valence-electron chi connectivity index (χ0n) is 10.7. The lowest BCUT2D eigenvalue weighted by Gasteiger charge is -2.28. The molecule has 0 aliphatic heterocycles. The van der Waals surface area contributed by atoms with E-state index in [0.717, 1.165) is 24.3 Å². The van der Waals surface area contributed by atoms with Crippen molar-refractivity contribution >= 4 is 17.3 Å². The Morgan fingerprint density at radius 2 is 1.94 bits per heavy atom. The molecule has 0 fully saturated rings. The van der Waals surface area contributed by atoms with Crippen molar-refractivity contribution in [2.75, 3.05) is 0 Å². The number of carbonyl (C=O) groups is 1. The lowest BCUT2D eigenvalue weighted by Crippen LogP contribution is -2.40. The highest BCUT2D eigenvalue weighted by Crippen LogP contribution is 2.20. The summed E-state index contributed by atoms with van der Waals surface area (Å²) < 4.78 is 0. The molecular formula is C13H21NO2S. The highest BCUT2D eigenvalue weighted by Gasteiger charge is 2.18. The monoisotopic (exact) mass is 255 g/mol. The maximum absolute atomic E-state index is 10.6. The second-order valence-electron chi connectivity index (χ2n) is 4.56. The minimum Gasteiger partial charge on any atom is -0.481 e. The molecule has 96 valence electrons. The van der Waals surface area contributed by atoms with Crippen LogP contribution < -0.4 is 5.32 Å². The van der Waals surface area contributed by atoms with Crippen LogP contribution in [-0.4, -0.2) is 16.6 Å². The molecule has 0 saturated carbocycles. The normalized spacial score (nSPS) is 11.7. The topological polar surface area (TPSA) is 49.3 Å². The molecule has 0 saturated heterocycles. The molecule has 0 unspecified atom stereocenters. The number of thiophene rings is 1. The summed E-state index contributed by atoms with van der Waals surface area (Å²) in [4.78, 5) is 12.7. The van der Waals surface area contributed by atoms with Crippen LogP contribution in [0.25, 0.3) is 0 Å². The Morgan fingerprint density at radius 1 is 1.35 bits per heavy atom. The molecule has 1 aromatic heterocycles. The van der Waals surface area contributed by atoms with E-state index in [9.17, 15) is 4.79 Å². The maximum atomic E-state index is 10.6. The van der Waals surface area contributed by atoms with E-state index >= 15 is 0 Å². The maximum Gasteiger partial charge on any atom is 0.308 e. The van der Waals surface area contributed by atoms with E-state index in [4.69, 9.17) is 5.11 Å². The van der Waals surface area contributed by atoms with Gasteiger partial charge in [0, 0.05) is 21.8 Å². The third kappa shape index (κ3) is 4.48. The van der Waals surface area contributed by atoms with Gasteiger partial charge in [-0.15, -0.1) is 11.3 Å². The number of carboxylic acid groups (broad SMARTS) is 1. The van der Waals surface area contributed by atoms with Crippen LogP contribution in [0.2, 0.25) is 0 Å². The summed E-state index contributed by atoms with van der Waals surface area (Å²) in [5.41, 5.74) is 0.178. The zero-order valence-corrected chi connectivity index (χ0v) is 11.6. The van der Waals surface area contributed by atoms with E-state index in [1.807, 2.05) is 12.1 Å². The van der Waals surface area contributed by atoms with Gasteiger partial charge in [-0.2, -0.15) is 0 Å². The zero-order chi connectivity index (χ0) is 12.9. The van der Waals surface area contributed by atoms with Crippen LogP contribution in [0.4, 0.5) is 0 Å². The van der Waals surface area contributed by atoms with Crippen LogP contribution in [-0.2, 0) is 17.8 Å². The predicted molar refractivity (Wildman–Crippen MR) is 71.5 cm³/mol. The highest BCUT2D eigenvalue weighted by molar-refractivity contribution is 7.12. The third-order valence-electron chi connectivity index (χ3n) is 3.29. The minimum absolute atomic E-state index is 0.128. The molecule has 0 spiro atoms. The molecule has 17 heavy (non-hydrogen) atoms. The van der Waals surface area contributed by atoms with Crippen LogP contribution in [0, 0.1) is 0 Å². The van der Waals surface area contributed by atoms with Crippen molar-refractivity contribution in [1.29, 1.82) is 0 Å². The van der Waals surface area contributed by atoms with Gasteiger partial charge in [0.1, 0.15) is 0 Å². The van der Waals surface area contributed by atoms with Gasteiger partial charge in [0.25, 0.3) is 0 Å². The van der Waals surface area contributed by atoms with E-state index in [1.165, 1.54) is 4.88 Å². The molecule has 0 aromatic carbocycles. The molecule has 1 heterocycles. The molecule has 0 bridgehead atoms. The number of carboxylic acids is 1. The fourth-order valence-electron chi connectivity index (χ4n) is 1.56. The minimum atomic E-state index is -0.765. The van der Waals surface area contributed by atoms with E-state index < -0.39 is 5.97 Å². The van der Waals surface area contributed by atoms with Crippen LogP contribution in [0.5, 0.6) is 0 Å². The molecule has 0 aliphatic rings. The number of nitrogens with one attached hydrogen (secondary N) is 1. The summed E-state index contributed by atoms with van der Waals surface area (Å²) in [6.07, 6.45) is 2.32. The highest BCUT2D eigenvalue weighted by atomic mass is 32.1. The first-order chi connectivity index (χ1) is 7.99. The Bertz CT molecular complexity index is 369. The summed E-state index contributed by atoms with van der Waals surface area (Å²) in [6, 6.07) is 3.92. The fourth-order valence-corrected chi connectivity index (χ4v) is 2.51. The molecule has 2 N–H and O–H groups in total. The molecular weight excluding hydrogens is 234 g/mol. The van der Waals surface area contributed by atoms with Crippen LogP contribution in [0.3, 0.4) is 0 Å². The van der Waals surface area contributed by atoms with Crippen molar-refractivity contribution in [3.05, 3.63) is 21.9 Å². The molecule has 4 heteroatoms. The van der Waals surface area contributed by atoms with Crippen LogP contribution in [0.1, 0.15) is 43.4 Å². The predicted octanol–water partition coefficient (Wildman–Crippen LogP) is 3.04. The van der Waals surface area contributed by atoms with Gasteiger partial charge in [0.2, 0.25) is 0 Å². The summed E-state index contributed by atoms with van der Waals surface area (Å²) in [6.45, 7) is 7.41. The number of hydrogen-bond acceptors (Lipinski definition) is 3. The second kappa shape index (κ2) is 6.17. The van der Waals surface area contributed by atoms with Crippen molar-refractivity contribution in [1.82, 2.24) is 5.32 Å². The number of hydrogen-bond donors (Lipinski definition) is 2. The SMILES string of the molecule is CCC(C)(CC)NCc1ccc(CC(=O)O)s1. The van der Waals surface area contributed by atoms with E-state index in [-0.39, 0.29) is 12.0 Å². The summed E-state index contributed by atoms with van der Waals surface area (Å²) in [5.74, 6) is -0.765. The first kappa shape index (κ1) is 14.2. The smallest absolute Gasteiger partial charge is 0.308 e. The quantitative estimate of drug-likeness (QED) is 0.787. The molecule has 0 aliphatic carbocycles. The Hall–Kier alpha value is -0.870. The number of rotatable bonds is 7. The van der Waals surface area contributed by atoms with Gasteiger partial charge in [0.05, 0.1) is 6.42 Å². The first-order valence-electron chi connectivity index (χ1n) is 6.03. The van der Waals surface area contributed by atoms with Gasteiger partial charge in [-0.05, 0) is 31.9 Å². The fraction of sp³-hybridized carbons (Fsp3) is 0.615. The van der Waals surface area contributed by atoms with E-state index in [1.54, 1.807) is 11.3 Å². The molecule has 0 atom stereocenters. The Balaban J connectivity index is 2.52. The van der Waals surface area contributed by atoms with Gasteiger partial charge in [-0.1, -0.05) is 13.8 Å². The van der Waals surface area contributed by atoms with Gasteiger partial charge < -0.3 is 10.4 Å². The average Bonchev–Trinajstić information content (AvgIpc) is 2.73. The lowest BCUT2D eigenvalue weighted by atomic mass is 9.96. The van der Waals surface area contributed by atoms with Crippen LogP contribution in [0.15, 0.2) is 12.1 Å². The van der Waals surface area contributed by atoms with Crippen molar-refractivity contribution in [2.45, 2.75) is 52.1 Å². The van der Waals surface area contributed by atoms with Crippen molar-refractivity contribution < 1.29 is 9.90 Å².